The van der Waals surface area contributed by atoms with Crippen LogP contribution in [0.1, 0.15) is 24.0 Å². The van der Waals surface area contributed by atoms with Crippen LogP contribution in [-0.4, -0.2) is 32.7 Å². The number of carboxylic acid groups (broad SMARTS) is 2. The largest absolute Gasteiger partial charge is 0.480 e. The van der Waals surface area contributed by atoms with Crippen LogP contribution in [0.3, 0.4) is 0 Å². The third kappa shape index (κ3) is 5.16. The molecule has 0 saturated carbocycles. The molecule has 2 atom stereocenters. The van der Waals surface area contributed by atoms with Gasteiger partial charge in [-0.25, -0.2) is 0 Å². The molecular weight excluding hydrogens is 284 g/mol. The maximum atomic E-state index is 10.9. The van der Waals surface area contributed by atoms with E-state index in [1.54, 1.807) is 13.8 Å². The first-order valence-electron chi connectivity index (χ1n) is 5.73. The van der Waals surface area contributed by atoms with E-state index in [0.29, 0.717) is 0 Å². The molecular formula is C13H16O4S2. The summed E-state index contributed by atoms with van der Waals surface area (Å²) in [5.41, 5.74) is 0.929. The number of aliphatic carboxylic acids is 2. The minimum absolute atomic E-state index is 0.210. The summed E-state index contributed by atoms with van der Waals surface area (Å²) in [5.74, 6) is -1.79. The first-order chi connectivity index (χ1) is 8.91. The van der Waals surface area contributed by atoms with Crippen LogP contribution in [0.5, 0.6) is 0 Å². The van der Waals surface area contributed by atoms with Crippen molar-refractivity contribution >= 4 is 35.5 Å². The van der Waals surface area contributed by atoms with Crippen molar-refractivity contribution in [2.75, 3.05) is 0 Å². The molecule has 2 unspecified atom stereocenters. The number of hydrogen-bond donors (Lipinski definition) is 2. The Morgan fingerprint density at radius 1 is 0.947 bits per heavy atom. The molecule has 1 aromatic rings. The number of carboxylic acids is 2. The molecule has 6 heteroatoms. The van der Waals surface area contributed by atoms with E-state index in [4.69, 9.17) is 10.2 Å². The van der Waals surface area contributed by atoms with Crippen molar-refractivity contribution in [3.63, 3.8) is 0 Å². The molecule has 0 heterocycles. The topological polar surface area (TPSA) is 74.6 Å². The smallest absolute Gasteiger partial charge is 0.316 e. The lowest BCUT2D eigenvalue weighted by Crippen LogP contribution is -2.16. The Balaban J connectivity index is 2.85. The molecule has 19 heavy (non-hydrogen) atoms. The third-order valence-corrected chi connectivity index (χ3v) is 5.35. The monoisotopic (exact) mass is 300 g/mol. The van der Waals surface area contributed by atoms with Gasteiger partial charge >= 0.3 is 11.9 Å². The molecule has 0 saturated heterocycles. The quantitative estimate of drug-likeness (QED) is 0.754. The highest BCUT2D eigenvalue weighted by molar-refractivity contribution is 8.17. The van der Waals surface area contributed by atoms with Crippen molar-refractivity contribution in [2.24, 2.45) is 0 Å². The van der Waals surface area contributed by atoms with Crippen LogP contribution in [-0.2, 0) is 9.59 Å². The van der Waals surface area contributed by atoms with E-state index in [2.05, 4.69) is 0 Å². The predicted octanol–water partition coefficient (Wildman–Crippen LogP) is 3.10. The Morgan fingerprint density at radius 2 is 1.37 bits per heavy atom. The summed E-state index contributed by atoms with van der Waals surface area (Å²) >= 11 is 2.50. The Kier molecular flexibility index (Phi) is 6.24. The van der Waals surface area contributed by atoms with E-state index < -0.39 is 22.4 Å². The Bertz CT molecular complexity index is 414. The fourth-order valence-corrected chi connectivity index (χ4v) is 4.15. The lowest BCUT2D eigenvalue weighted by molar-refractivity contribution is -0.137. The third-order valence-electron chi connectivity index (χ3n) is 2.42. The first-order valence-corrected chi connectivity index (χ1v) is 7.62. The first kappa shape index (κ1) is 15.9. The summed E-state index contributed by atoms with van der Waals surface area (Å²) in [4.78, 5) is 21.9. The van der Waals surface area contributed by atoms with Gasteiger partial charge in [-0.1, -0.05) is 30.3 Å². The lowest BCUT2D eigenvalue weighted by atomic mass is 10.2. The Labute approximate surface area is 120 Å². The zero-order chi connectivity index (χ0) is 14.4. The van der Waals surface area contributed by atoms with Crippen LogP contribution in [0, 0.1) is 0 Å². The van der Waals surface area contributed by atoms with Crippen molar-refractivity contribution in [1.29, 1.82) is 0 Å². The van der Waals surface area contributed by atoms with Gasteiger partial charge in [-0.05, 0) is 19.4 Å². The van der Waals surface area contributed by atoms with E-state index in [-0.39, 0.29) is 4.58 Å². The van der Waals surface area contributed by atoms with Gasteiger partial charge in [-0.3, -0.25) is 9.59 Å². The van der Waals surface area contributed by atoms with Gasteiger partial charge in [0.25, 0.3) is 0 Å². The van der Waals surface area contributed by atoms with Crippen molar-refractivity contribution < 1.29 is 19.8 Å². The summed E-state index contributed by atoms with van der Waals surface area (Å²) in [7, 11) is 0. The van der Waals surface area contributed by atoms with Gasteiger partial charge in [0.15, 0.2) is 0 Å². The second kappa shape index (κ2) is 7.45. The van der Waals surface area contributed by atoms with Crippen LogP contribution in [0.15, 0.2) is 30.3 Å². The molecule has 0 radical (unpaired) electrons. The molecule has 4 nitrogen and oxygen atoms in total. The minimum Gasteiger partial charge on any atom is -0.480 e. The van der Waals surface area contributed by atoms with Crippen molar-refractivity contribution in [3.05, 3.63) is 35.9 Å². The van der Waals surface area contributed by atoms with Crippen LogP contribution in [0.4, 0.5) is 0 Å². The van der Waals surface area contributed by atoms with Crippen molar-refractivity contribution in [2.45, 2.75) is 28.9 Å². The number of rotatable bonds is 7. The minimum atomic E-state index is -0.894. The van der Waals surface area contributed by atoms with E-state index in [0.717, 1.165) is 5.56 Å². The molecule has 2 N–H and O–H groups in total. The zero-order valence-corrected chi connectivity index (χ0v) is 12.3. The fraction of sp³-hybridized carbons (Fsp3) is 0.385. The summed E-state index contributed by atoms with van der Waals surface area (Å²) in [5, 5.41) is 16.8. The summed E-state index contributed by atoms with van der Waals surface area (Å²) in [6.45, 7) is 3.21. The average Bonchev–Trinajstić information content (AvgIpc) is 2.38. The van der Waals surface area contributed by atoms with Gasteiger partial charge in [0.2, 0.25) is 0 Å². The van der Waals surface area contributed by atoms with Crippen LogP contribution >= 0.6 is 23.5 Å². The Morgan fingerprint density at radius 3 is 1.74 bits per heavy atom. The van der Waals surface area contributed by atoms with E-state index in [1.807, 2.05) is 30.3 Å². The number of thioether (sulfide) groups is 2. The molecule has 0 aromatic heterocycles. The van der Waals surface area contributed by atoms with Crippen molar-refractivity contribution in [3.8, 4) is 0 Å². The van der Waals surface area contributed by atoms with Crippen LogP contribution in [0.2, 0.25) is 0 Å². The lowest BCUT2D eigenvalue weighted by Gasteiger charge is -2.20. The van der Waals surface area contributed by atoms with Crippen LogP contribution < -0.4 is 0 Å². The maximum absolute atomic E-state index is 10.9. The molecule has 0 bridgehead atoms. The van der Waals surface area contributed by atoms with E-state index in [9.17, 15) is 9.59 Å². The summed E-state index contributed by atoms with van der Waals surface area (Å²) < 4.78 is -0.210. The summed E-state index contributed by atoms with van der Waals surface area (Å²) in [6.07, 6.45) is 0. The average molecular weight is 300 g/mol. The van der Waals surface area contributed by atoms with Gasteiger partial charge in [-0.2, -0.15) is 0 Å². The molecule has 0 amide bonds. The van der Waals surface area contributed by atoms with Gasteiger partial charge in [0, 0.05) is 0 Å². The molecule has 1 aromatic carbocycles. The standard InChI is InChI=1S/C13H16O4S2/c1-8(11(14)15)18-13(19-9(2)12(16)17)10-6-4-3-5-7-10/h3-9,13H,1-2H3,(H,14,15)(H,16,17). The highest BCUT2D eigenvalue weighted by Gasteiger charge is 2.25. The molecule has 104 valence electrons. The summed E-state index contributed by atoms with van der Waals surface area (Å²) in [6, 6.07) is 9.36. The highest BCUT2D eigenvalue weighted by atomic mass is 32.2. The Hall–Kier alpha value is -1.14. The van der Waals surface area contributed by atoms with Gasteiger partial charge in [0.05, 0.1) is 4.58 Å². The van der Waals surface area contributed by atoms with Gasteiger partial charge in [-0.15, -0.1) is 23.5 Å². The predicted molar refractivity (Wildman–Crippen MR) is 78.6 cm³/mol. The number of benzene rings is 1. The van der Waals surface area contributed by atoms with Gasteiger partial charge in [0.1, 0.15) is 10.5 Å². The second-order valence-corrected chi connectivity index (χ2v) is 7.18. The SMILES string of the molecule is CC(SC(SC(C)C(=O)O)c1ccccc1)C(=O)O. The van der Waals surface area contributed by atoms with E-state index in [1.165, 1.54) is 23.5 Å². The van der Waals surface area contributed by atoms with Crippen LogP contribution in [0.25, 0.3) is 0 Å². The zero-order valence-electron chi connectivity index (χ0n) is 10.6. The van der Waals surface area contributed by atoms with Crippen molar-refractivity contribution in [1.82, 2.24) is 0 Å². The molecule has 0 aliphatic carbocycles. The molecule has 0 fully saturated rings. The van der Waals surface area contributed by atoms with Gasteiger partial charge < -0.3 is 10.2 Å². The molecule has 1 rings (SSSR count). The van der Waals surface area contributed by atoms with E-state index >= 15 is 0 Å². The highest BCUT2D eigenvalue weighted by Crippen LogP contribution is 2.43. The normalized spacial score (nSPS) is 15.5. The second-order valence-electron chi connectivity index (χ2n) is 3.98. The number of hydrogen-bond acceptors (Lipinski definition) is 4. The molecule has 0 spiro atoms. The molecule has 0 aliphatic rings. The maximum Gasteiger partial charge on any atom is 0.316 e. The number of carbonyl (C=O) groups is 2. The fourth-order valence-electron chi connectivity index (χ4n) is 1.29. The molecule has 0 aliphatic heterocycles.